The largest absolute Gasteiger partial charge is 0.383 e. The van der Waals surface area contributed by atoms with Crippen molar-refractivity contribution in [2.45, 2.75) is 18.2 Å². The van der Waals surface area contributed by atoms with E-state index in [2.05, 4.69) is 40.3 Å². The predicted molar refractivity (Wildman–Crippen MR) is 107 cm³/mol. The summed E-state index contributed by atoms with van der Waals surface area (Å²) < 4.78 is 0. The molecule has 0 saturated carbocycles. The van der Waals surface area contributed by atoms with Gasteiger partial charge in [-0.1, -0.05) is 13.0 Å². The van der Waals surface area contributed by atoms with Crippen LogP contribution in [0.15, 0.2) is 45.6 Å². The molecule has 2 aromatic rings. The Morgan fingerprint density at radius 1 is 1.33 bits per heavy atom. The summed E-state index contributed by atoms with van der Waals surface area (Å²) in [6.45, 7) is 6.40. The number of hydrogen-bond acceptors (Lipinski definition) is 5. The van der Waals surface area contributed by atoms with Crippen molar-refractivity contribution in [2.75, 3.05) is 36.8 Å². The van der Waals surface area contributed by atoms with E-state index in [-0.39, 0.29) is 0 Å². The molecule has 1 aliphatic rings. The second kappa shape index (κ2) is 8.55. The van der Waals surface area contributed by atoms with Crippen LogP contribution in [0.25, 0.3) is 0 Å². The summed E-state index contributed by atoms with van der Waals surface area (Å²) in [5.41, 5.74) is 8.33. The molecule has 1 aromatic heterocycles. The van der Waals surface area contributed by atoms with Crippen molar-refractivity contribution in [3.05, 3.63) is 40.6 Å². The predicted octanol–water partition coefficient (Wildman–Crippen LogP) is 3.70. The molecule has 0 unspecified atom stereocenters. The first kappa shape index (κ1) is 17.3. The minimum Gasteiger partial charge on any atom is -0.383 e. The quantitative estimate of drug-likeness (QED) is 0.449. The Morgan fingerprint density at radius 2 is 2.25 bits per heavy atom. The number of nitrogens with two attached hydrogens (primary N) is 1. The number of fused-ring (bicyclic) bond motifs is 1. The first-order valence-corrected chi connectivity index (χ1v) is 10.2. The van der Waals surface area contributed by atoms with Crippen LogP contribution in [0.3, 0.4) is 0 Å². The van der Waals surface area contributed by atoms with E-state index in [1.165, 1.54) is 17.0 Å². The van der Waals surface area contributed by atoms with Gasteiger partial charge in [0.15, 0.2) is 0 Å². The van der Waals surface area contributed by atoms with E-state index in [0.717, 1.165) is 42.5 Å². The highest BCUT2D eigenvalue weighted by atomic mass is 32.2. The van der Waals surface area contributed by atoms with Crippen molar-refractivity contribution in [3.8, 4) is 0 Å². The van der Waals surface area contributed by atoms with Crippen LogP contribution in [-0.2, 0) is 0 Å². The average Bonchev–Trinajstić information content (AvgIpc) is 3.14. The fourth-order valence-electron chi connectivity index (χ4n) is 2.70. The molecule has 3 N–H and O–H groups in total. The van der Waals surface area contributed by atoms with Crippen LogP contribution in [0, 0.1) is 0 Å². The average molecular weight is 361 g/mol. The van der Waals surface area contributed by atoms with Crippen molar-refractivity contribution >= 4 is 40.3 Å². The Morgan fingerprint density at radius 3 is 3.04 bits per heavy atom. The smallest absolute Gasteiger partial charge is 0.141 e. The second-order valence-corrected chi connectivity index (χ2v) is 7.80. The molecule has 1 aliphatic heterocycles. The van der Waals surface area contributed by atoms with E-state index in [9.17, 15) is 0 Å². The molecule has 6 heteroatoms. The van der Waals surface area contributed by atoms with Crippen LogP contribution in [0.4, 0.5) is 11.4 Å². The zero-order chi connectivity index (χ0) is 16.8. The maximum absolute atomic E-state index is 6.13. The number of amidine groups is 1. The van der Waals surface area contributed by atoms with Crippen LogP contribution in [-0.4, -0.2) is 37.8 Å². The van der Waals surface area contributed by atoms with Gasteiger partial charge in [-0.2, -0.15) is 0 Å². The van der Waals surface area contributed by atoms with Crippen molar-refractivity contribution in [1.29, 1.82) is 0 Å². The van der Waals surface area contributed by atoms with E-state index in [1.807, 2.05) is 29.3 Å². The molecule has 3 rings (SSSR count). The van der Waals surface area contributed by atoms with Crippen molar-refractivity contribution < 1.29 is 0 Å². The number of rotatable bonds is 7. The fourth-order valence-corrected chi connectivity index (χ4v) is 4.36. The number of anilines is 1. The molecule has 1 aromatic carbocycles. The van der Waals surface area contributed by atoms with Gasteiger partial charge >= 0.3 is 0 Å². The molecule has 24 heavy (non-hydrogen) atoms. The summed E-state index contributed by atoms with van der Waals surface area (Å²) in [7, 11) is 0. The van der Waals surface area contributed by atoms with Gasteiger partial charge in [-0.25, -0.2) is 4.99 Å². The van der Waals surface area contributed by atoms with Crippen LogP contribution in [0.5, 0.6) is 0 Å². The number of thioether (sulfide) groups is 1. The summed E-state index contributed by atoms with van der Waals surface area (Å²) in [5, 5.41) is 5.50. The summed E-state index contributed by atoms with van der Waals surface area (Å²) in [6, 6.07) is 10.4. The van der Waals surface area contributed by atoms with E-state index in [1.54, 1.807) is 11.3 Å². The molecule has 2 heterocycles. The maximum Gasteiger partial charge on any atom is 0.141 e. The van der Waals surface area contributed by atoms with E-state index < -0.39 is 0 Å². The summed E-state index contributed by atoms with van der Waals surface area (Å²) >= 11 is 3.54. The molecular weight excluding hydrogens is 336 g/mol. The van der Waals surface area contributed by atoms with Crippen LogP contribution < -0.4 is 16.0 Å². The van der Waals surface area contributed by atoms with Crippen molar-refractivity contribution in [1.82, 2.24) is 5.32 Å². The van der Waals surface area contributed by atoms with Gasteiger partial charge in [-0.05, 0) is 42.6 Å². The molecule has 0 bridgehead atoms. The lowest BCUT2D eigenvalue weighted by Gasteiger charge is -2.31. The Bertz CT molecular complexity index is 682. The van der Waals surface area contributed by atoms with E-state index >= 15 is 0 Å². The third-order valence-corrected chi connectivity index (χ3v) is 5.85. The standard InChI is InChI=1S/C18H24N4S2/c1-2-7-20-8-9-22-10-12-24-16-6-5-14(13-15(16)22)21-18(19)17-4-3-11-23-17/h3-6,11,13,20H,2,7-10,12H2,1H3,(H2,19,21). The van der Waals surface area contributed by atoms with Gasteiger partial charge in [0.2, 0.25) is 0 Å². The minimum absolute atomic E-state index is 0.588. The van der Waals surface area contributed by atoms with E-state index in [4.69, 9.17) is 5.73 Å². The Balaban J connectivity index is 1.76. The minimum atomic E-state index is 0.588. The number of hydrogen-bond donors (Lipinski definition) is 2. The summed E-state index contributed by atoms with van der Waals surface area (Å²) in [5.74, 6) is 1.73. The Labute approximate surface area is 152 Å². The Hall–Kier alpha value is -1.50. The zero-order valence-electron chi connectivity index (χ0n) is 14.0. The van der Waals surface area contributed by atoms with Gasteiger partial charge in [-0.15, -0.1) is 23.1 Å². The molecule has 0 atom stereocenters. The highest BCUT2D eigenvalue weighted by molar-refractivity contribution is 7.99. The first-order chi connectivity index (χ1) is 11.8. The number of benzene rings is 1. The summed E-state index contributed by atoms with van der Waals surface area (Å²) in [4.78, 5) is 9.42. The second-order valence-electron chi connectivity index (χ2n) is 5.71. The van der Waals surface area contributed by atoms with Gasteiger partial charge in [0, 0.05) is 30.3 Å². The monoisotopic (exact) mass is 360 g/mol. The lowest BCUT2D eigenvalue weighted by molar-refractivity contribution is 0.652. The fraction of sp³-hybridized carbons (Fsp3) is 0.389. The first-order valence-electron chi connectivity index (χ1n) is 8.38. The van der Waals surface area contributed by atoms with Gasteiger partial charge in [0.05, 0.1) is 16.3 Å². The van der Waals surface area contributed by atoms with Crippen LogP contribution in [0.2, 0.25) is 0 Å². The topological polar surface area (TPSA) is 53.6 Å². The van der Waals surface area contributed by atoms with Gasteiger partial charge in [0.25, 0.3) is 0 Å². The number of aliphatic imine (C=N–C) groups is 1. The summed E-state index contributed by atoms with van der Waals surface area (Å²) in [6.07, 6.45) is 1.17. The van der Waals surface area contributed by atoms with Gasteiger partial charge in [0.1, 0.15) is 5.84 Å². The van der Waals surface area contributed by atoms with Crippen LogP contribution in [0.1, 0.15) is 18.2 Å². The highest BCUT2D eigenvalue weighted by Crippen LogP contribution is 2.37. The van der Waals surface area contributed by atoms with Crippen molar-refractivity contribution in [3.63, 3.8) is 0 Å². The van der Waals surface area contributed by atoms with Crippen molar-refractivity contribution in [2.24, 2.45) is 10.7 Å². The number of nitrogens with one attached hydrogen (secondary N) is 1. The number of thiophene rings is 1. The zero-order valence-corrected chi connectivity index (χ0v) is 15.6. The molecule has 0 spiro atoms. The molecule has 0 fully saturated rings. The van der Waals surface area contributed by atoms with Gasteiger partial charge < -0.3 is 16.0 Å². The molecule has 0 radical (unpaired) electrons. The molecule has 128 valence electrons. The lowest BCUT2D eigenvalue weighted by atomic mass is 10.2. The lowest BCUT2D eigenvalue weighted by Crippen LogP contribution is -2.35. The van der Waals surface area contributed by atoms with Crippen LogP contribution >= 0.6 is 23.1 Å². The normalized spacial score (nSPS) is 14.7. The molecular formula is C18H24N4S2. The highest BCUT2D eigenvalue weighted by Gasteiger charge is 2.17. The van der Waals surface area contributed by atoms with E-state index in [0.29, 0.717) is 5.84 Å². The molecule has 4 nitrogen and oxygen atoms in total. The molecule has 0 aliphatic carbocycles. The molecule has 0 saturated heterocycles. The third-order valence-electron chi connectivity index (χ3n) is 3.91. The Kier molecular flexibility index (Phi) is 6.18. The SMILES string of the molecule is CCCNCCN1CCSc2ccc(N=C(N)c3cccs3)cc21. The molecule has 0 amide bonds. The van der Waals surface area contributed by atoms with Gasteiger partial charge in [-0.3, -0.25) is 0 Å². The third kappa shape index (κ3) is 4.32. The maximum atomic E-state index is 6.13. The number of nitrogens with zero attached hydrogens (tertiary/aromatic N) is 2.